The van der Waals surface area contributed by atoms with E-state index in [-0.39, 0.29) is 5.91 Å². The highest BCUT2D eigenvalue weighted by atomic mass is 79.9. The van der Waals surface area contributed by atoms with Gasteiger partial charge in [-0.2, -0.15) is 0 Å². The lowest BCUT2D eigenvalue weighted by molar-refractivity contribution is -0.918. The minimum absolute atomic E-state index is 0.0689. The number of likely N-dealkylation sites (tertiary alicyclic amines) is 1. The van der Waals surface area contributed by atoms with E-state index < -0.39 is 0 Å². The predicted molar refractivity (Wildman–Crippen MR) is 105 cm³/mol. The molecule has 3 N–H and O–H groups in total. The number of amides is 1. The molecule has 5 heteroatoms. The summed E-state index contributed by atoms with van der Waals surface area (Å²) in [5.41, 5.74) is 2.35. The molecule has 4 nitrogen and oxygen atoms in total. The molecule has 0 bridgehead atoms. The molecule has 1 amide bonds. The van der Waals surface area contributed by atoms with Crippen LogP contribution in [0, 0.1) is 0 Å². The van der Waals surface area contributed by atoms with Crippen LogP contribution in [-0.4, -0.2) is 31.6 Å². The quantitative estimate of drug-likeness (QED) is 0.693. The van der Waals surface area contributed by atoms with Crippen LogP contribution in [0.25, 0.3) is 0 Å². The molecular formula is C20H25BrN3O+. The van der Waals surface area contributed by atoms with Gasteiger partial charge in [-0.15, -0.1) is 0 Å². The van der Waals surface area contributed by atoms with Gasteiger partial charge in [0.15, 0.2) is 0 Å². The van der Waals surface area contributed by atoms with E-state index in [1.807, 2.05) is 24.3 Å². The van der Waals surface area contributed by atoms with Crippen molar-refractivity contribution in [1.29, 1.82) is 0 Å². The van der Waals surface area contributed by atoms with Gasteiger partial charge in [0.05, 0.1) is 19.6 Å². The van der Waals surface area contributed by atoms with Crippen LogP contribution in [0.2, 0.25) is 0 Å². The van der Waals surface area contributed by atoms with E-state index in [1.54, 1.807) is 4.90 Å². The van der Waals surface area contributed by atoms with Crippen LogP contribution in [0.1, 0.15) is 18.4 Å². The highest BCUT2D eigenvalue weighted by Crippen LogP contribution is 2.13. The summed E-state index contributed by atoms with van der Waals surface area (Å²) in [5.74, 6) is 0.0689. The van der Waals surface area contributed by atoms with Gasteiger partial charge >= 0.3 is 0 Å². The van der Waals surface area contributed by atoms with E-state index in [0.29, 0.717) is 12.6 Å². The fourth-order valence-corrected chi connectivity index (χ4v) is 3.52. The second-order valence-electron chi connectivity index (χ2n) is 6.61. The zero-order valence-electron chi connectivity index (χ0n) is 14.3. The molecular weight excluding hydrogens is 378 g/mol. The predicted octanol–water partition coefficient (Wildman–Crippen LogP) is 2.22. The van der Waals surface area contributed by atoms with Gasteiger partial charge in [0, 0.05) is 34.6 Å². The van der Waals surface area contributed by atoms with E-state index in [2.05, 4.69) is 56.9 Å². The Hall–Kier alpha value is -1.85. The van der Waals surface area contributed by atoms with Gasteiger partial charge in [-0.1, -0.05) is 46.3 Å². The largest absolute Gasteiger partial charge is 0.376 e. The van der Waals surface area contributed by atoms with Crippen LogP contribution in [0.5, 0.6) is 0 Å². The van der Waals surface area contributed by atoms with E-state index in [1.165, 1.54) is 5.56 Å². The summed E-state index contributed by atoms with van der Waals surface area (Å²) in [6.07, 6.45) is 2.10. The maximum Gasteiger partial charge on any atom is 0.239 e. The zero-order chi connectivity index (χ0) is 17.5. The molecule has 1 heterocycles. The van der Waals surface area contributed by atoms with Crippen LogP contribution >= 0.6 is 15.9 Å². The first-order valence-electron chi connectivity index (χ1n) is 8.85. The molecule has 0 unspecified atom stereocenters. The minimum Gasteiger partial charge on any atom is -0.376 e. The van der Waals surface area contributed by atoms with Gasteiger partial charge < -0.3 is 15.5 Å². The molecule has 25 heavy (non-hydrogen) atoms. The normalized spacial score (nSPS) is 20.0. The SMILES string of the molecule is O=C(CNc1ccc(Br)cc1)NC1CC[NH+](Cc2ccccc2)CC1. The molecule has 2 aromatic carbocycles. The molecule has 0 radical (unpaired) electrons. The first kappa shape index (κ1) is 18.0. The number of benzene rings is 2. The zero-order valence-corrected chi connectivity index (χ0v) is 15.9. The summed E-state index contributed by atoms with van der Waals surface area (Å²) in [6.45, 7) is 3.62. The van der Waals surface area contributed by atoms with Gasteiger partial charge in [-0.05, 0) is 24.3 Å². The number of quaternary nitrogens is 1. The van der Waals surface area contributed by atoms with Crippen molar-refractivity contribution < 1.29 is 9.69 Å². The van der Waals surface area contributed by atoms with Gasteiger partial charge in [0.2, 0.25) is 5.91 Å². The molecule has 132 valence electrons. The Morgan fingerprint density at radius 3 is 2.40 bits per heavy atom. The van der Waals surface area contributed by atoms with Crippen molar-refractivity contribution in [1.82, 2.24) is 5.32 Å². The average molecular weight is 403 g/mol. The van der Waals surface area contributed by atoms with Crippen LogP contribution in [0.15, 0.2) is 59.1 Å². The summed E-state index contributed by atoms with van der Waals surface area (Å²) < 4.78 is 1.03. The van der Waals surface area contributed by atoms with Crippen molar-refractivity contribution in [2.75, 3.05) is 25.0 Å². The molecule has 2 aromatic rings. The molecule has 3 rings (SSSR count). The number of nitrogens with one attached hydrogen (secondary N) is 3. The van der Waals surface area contributed by atoms with E-state index in [9.17, 15) is 4.79 Å². The molecule has 1 fully saturated rings. The van der Waals surface area contributed by atoms with E-state index in [4.69, 9.17) is 0 Å². The maximum atomic E-state index is 12.1. The second kappa shape index (κ2) is 9.02. The number of anilines is 1. The Morgan fingerprint density at radius 1 is 1.04 bits per heavy atom. The summed E-state index contributed by atoms with van der Waals surface area (Å²) in [4.78, 5) is 13.7. The lowest BCUT2D eigenvalue weighted by Crippen LogP contribution is -3.12. The smallest absolute Gasteiger partial charge is 0.239 e. The second-order valence-corrected chi connectivity index (χ2v) is 7.53. The minimum atomic E-state index is 0.0689. The molecule has 0 spiro atoms. The molecule has 1 aliphatic rings. The molecule has 1 saturated heterocycles. The fraction of sp³-hybridized carbons (Fsp3) is 0.350. The topological polar surface area (TPSA) is 45.6 Å². The van der Waals surface area contributed by atoms with Crippen LogP contribution in [0.3, 0.4) is 0 Å². The third-order valence-corrected chi connectivity index (χ3v) is 5.18. The highest BCUT2D eigenvalue weighted by Gasteiger charge is 2.23. The lowest BCUT2D eigenvalue weighted by atomic mass is 10.0. The number of hydrogen-bond acceptors (Lipinski definition) is 2. The Labute approximate surface area is 157 Å². The lowest BCUT2D eigenvalue weighted by Gasteiger charge is -2.29. The first-order valence-corrected chi connectivity index (χ1v) is 9.64. The summed E-state index contributed by atoms with van der Waals surface area (Å²) >= 11 is 3.41. The summed E-state index contributed by atoms with van der Waals surface area (Å²) in [5, 5.41) is 6.33. The van der Waals surface area contributed by atoms with Crippen molar-refractivity contribution in [2.45, 2.75) is 25.4 Å². The van der Waals surface area contributed by atoms with Crippen LogP contribution in [-0.2, 0) is 11.3 Å². The van der Waals surface area contributed by atoms with E-state index in [0.717, 1.165) is 42.6 Å². The highest BCUT2D eigenvalue weighted by molar-refractivity contribution is 9.10. The number of halogens is 1. The van der Waals surface area contributed by atoms with Crippen molar-refractivity contribution in [3.05, 3.63) is 64.6 Å². The van der Waals surface area contributed by atoms with Gasteiger partial charge in [0.25, 0.3) is 0 Å². The standard InChI is InChI=1S/C20H24BrN3O/c21-17-6-8-18(9-7-17)22-14-20(25)23-19-10-12-24(13-11-19)15-16-4-2-1-3-5-16/h1-9,19,22H,10-15H2,(H,23,25)/p+1. The molecule has 0 atom stereocenters. The Bertz CT molecular complexity index is 667. The average Bonchev–Trinajstić information content (AvgIpc) is 2.64. The molecule has 1 aliphatic heterocycles. The fourth-order valence-electron chi connectivity index (χ4n) is 3.26. The first-order chi connectivity index (χ1) is 12.2. The molecule has 0 aliphatic carbocycles. The van der Waals surface area contributed by atoms with Crippen LogP contribution < -0.4 is 15.5 Å². The van der Waals surface area contributed by atoms with Crippen molar-refractivity contribution >= 4 is 27.5 Å². The number of rotatable bonds is 6. The van der Waals surface area contributed by atoms with Gasteiger partial charge in [0.1, 0.15) is 6.54 Å². The number of piperidine rings is 1. The summed E-state index contributed by atoms with van der Waals surface area (Å²) in [7, 11) is 0. The summed E-state index contributed by atoms with van der Waals surface area (Å²) in [6, 6.07) is 18.8. The Kier molecular flexibility index (Phi) is 6.48. The third kappa shape index (κ3) is 5.87. The van der Waals surface area contributed by atoms with Crippen molar-refractivity contribution in [3.63, 3.8) is 0 Å². The van der Waals surface area contributed by atoms with E-state index >= 15 is 0 Å². The maximum absolute atomic E-state index is 12.1. The Balaban J connectivity index is 1.36. The number of hydrogen-bond donors (Lipinski definition) is 3. The third-order valence-electron chi connectivity index (χ3n) is 4.65. The monoisotopic (exact) mass is 402 g/mol. The number of carbonyl (C=O) groups excluding carboxylic acids is 1. The Morgan fingerprint density at radius 2 is 1.72 bits per heavy atom. The van der Waals surface area contributed by atoms with Gasteiger partial charge in [-0.3, -0.25) is 4.79 Å². The van der Waals surface area contributed by atoms with Crippen molar-refractivity contribution in [2.24, 2.45) is 0 Å². The van der Waals surface area contributed by atoms with Gasteiger partial charge in [-0.25, -0.2) is 0 Å². The van der Waals surface area contributed by atoms with Crippen LogP contribution in [0.4, 0.5) is 5.69 Å². The molecule has 0 saturated carbocycles. The van der Waals surface area contributed by atoms with Crippen molar-refractivity contribution in [3.8, 4) is 0 Å². The number of carbonyl (C=O) groups is 1. The molecule has 0 aromatic heterocycles.